The fraction of sp³-hybridized carbons (Fsp3) is 0.263. The second kappa shape index (κ2) is 6.49. The molecule has 0 saturated heterocycles. The van der Waals surface area contributed by atoms with E-state index in [1.807, 2.05) is 43.5 Å². The molecule has 0 bridgehead atoms. The highest BCUT2D eigenvalue weighted by Gasteiger charge is 2.34. The average Bonchev–Trinajstić information content (AvgIpc) is 3.09. The number of anilines is 1. The van der Waals surface area contributed by atoms with Crippen molar-refractivity contribution < 1.29 is 9.53 Å². The van der Waals surface area contributed by atoms with Crippen molar-refractivity contribution in [3.63, 3.8) is 0 Å². The third-order valence-corrected chi connectivity index (χ3v) is 4.91. The van der Waals surface area contributed by atoms with Gasteiger partial charge in [-0.3, -0.25) is 4.79 Å². The summed E-state index contributed by atoms with van der Waals surface area (Å²) in [6.07, 6.45) is 3.59. The smallest absolute Gasteiger partial charge is 0.233 e. The highest BCUT2D eigenvalue weighted by Crippen LogP contribution is 2.37. The van der Waals surface area contributed by atoms with Gasteiger partial charge in [-0.05, 0) is 32.0 Å². The van der Waals surface area contributed by atoms with E-state index in [1.54, 1.807) is 23.4 Å². The first kappa shape index (κ1) is 16.7. The Morgan fingerprint density at radius 1 is 1.23 bits per heavy atom. The van der Waals surface area contributed by atoms with E-state index in [2.05, 4.69) is 15.0 Å². The lowest BCUT2D eigenvalue weighted by Gasteiger charge is -2.39. The molecule has 0 radical (unpaired) electrons. The number of carbonyl (C=O) groups excluding carboxylic acids is 1. The molecular formula is C19H18N4O2S. The zero-order valence-corrected chi connectivity index (χ0v) is 15.4. The molecule has 6 nitrogen and oxygen atoms in total. The number of aromatic nitrogens is 3. The molecule has 0 atom stereocenters. The molecule has 0 unspecified atom stereocenters. The number of carbonyl (C=O) groups is 1. The maximum Gasteiger partial charge on any atom is 0.233 e. The van der Waals surface area contributed by atoms with Crippen LogP contribution in [0.5, 0.6) is 5.75 Å². The number of rotatable bonds is 3. The molecule has 0 aliphatic carbocycles. The summed E-state index contributed by atoms with van der Waals surface area (Å²) in [4.78, 5) is 27.7. The van der Waals surface area contributed by atoms with Gasteiger partial charge >= 0.3 is 0 Å². The van der Waals surface area contributed by atoms with Crippen LogP contribution >= 0.6 is 11.3 Å². The minimum Gasteiger partial charge on any atom is -0.484 e. The van der Waals surface area contributed by atoms with E-state index in [4.69, 9.17) is 4.74 Å². The van der Waals surface area contributed by atoms with Crippen LogP contribution < -0.4 is 9.64 Å². The lowest BCUT2D eigenvalue weighted by atomic mass is 10.0. The Morgan fingerprint density at radius 3 is 2.81 bits per heavy atom. The second-order valence-electron chi connectivity index (χ2n) is 6.70. The number of para-hydroxylation sites is 2. The average molecular weight is 366 g/mol. The Kier molecular flexibility index (Phi) is 4.16. The fourth-order valence-corrected chi connectivity index (χ4v) is 3.70. The van der Waals surface area contributed by atoms with Crippen molar-refractivity contribution in [3.05, 3.63) is 53.8 Å². The highest BCUT2D eigenvalue weighted by molar-refractivity contribution is 7.13. The summed E-state index contributed by atoms with van der Waals surface area (Å²) in [5.74, 6) is 1.31. The van der Waals surface area contributed by atoms with Gasteiger partial charge in [-0.2, -0.15) is 0 Å². The van der Waals surface area contributed by atoms with Crippen molar-refractivity contribution in [2.75, 3.05) is 11.4 Å². The predicted molar refractivity (Wildman–Crippen MR) is 100 cm³/mol. The summed E-state index contributed by atoms with van der Waals surface area (Å²) in [6.45, 7) is 4.47. The number of amides is 1. The maximum atomic E-state index is 13.0. The first-order valence-electron chi connectivity index (χ1n) is 8.32. The highest BCUT2D eigenvalue weighted by atomic mass is 32.1. The number of thiazole rings is 1. The molecule has 2 aromatic heterocycles. The van der Waals surface area contributed by atoms with Gasteiger partial charge < -0.3 is 9.64 Å². The van der Waals surface area contributed by atoms with Crippen LogP contribution in [-0.2, 0) is 11.2 Å². The van der Waals surface area contributed by atoms with Crippen molar-refractivity contribution in [2.24, 2.45) is 0 Å². The standard InChI is InChI=1S/C19H18N4O2S/c1-19(2)12-23(14-6-3-4-7-15(14)25-19)16(24)10-13-11-26-18(22-13)17-20-8-5-9-21-17/h3-9,11H,10,12H2,1-2H3. The van der Waals surface area contributed by atoms with Crippen molar-refractivity contribution in [2.45, 2.75) is 25.9 Å². The minimum atomic E-state index is -0.435. The van der Waals surface area contributed by atoms with Crippen LogP contribution in [0.2, 0.25) is 0 Å². The molecule has 1 amide bonds. The fourth-order valence-electron chi connectivity index (χ4n) is 2.94. The topological polar surface area (TPSA) is 68.2 Å². The molecule has 3 heterocycles. The SMILES string of the molecule is CC1(C)CN(C(=O)Cc2csc(-c3ncccn3)n2)c2ccccc2O1. The Hall–Kier alpha value is -2.80. The molecule has 0 fully saturated rings. The lowest BCUT2D eigenvalue weighted by molar-refractivity contribution is -0.119. The van der Waals surface area contributed by atoms with Gasteiger partial charge in [0, 0.05) is 17.8 Å². The maximum absolute atomic E-state index is 13.0. The molecule has 1 aliphatic heterocycles. The Bertz CT molecular complexity index is 939. The third kappa shape index (κ3) is 3.30. The van der Waals surface area contributed by atoms with Gasteiger partial charge in [-0.25, -0.2) is 15.0 Å². The summed E-state index contributed by atoms with van der Waals surface area (Å²) < 4.78 is 5.99. The van der Waals surface area contributed by atoms with Crippen LogP contribution in [0.25, 0.3) is 10.8 Å². The Labute approximate surface area is 155 Å². The summed E-state index contributed by atoms with van der Waals surface area (Å²) in [7, 11) is 0. The number of fused-ring (bicyclic) bond motifs is 1. The van der Waals surface area contributed by atoms with Gasteiger partial charge in [0.25, 0.3) is 0 Å². The van der Waals surface area contributed by atoms with Crippen molar-refractivity contribution in [3.8, 4) is 16.6 Å². The van der Waals surface area contributed by atoms with E-state index in [1.165, 1.54) is 11.3 Å². The second-order valence-corrected chi connectivity index (χ2v) is 7.56. The lowest BCUT2D eigenvalue weighted by Crippen LogP contribution is -2.49. The molecule has 26 heavy (non-hydrogen) atoms. The van der Waals surface area contributed by atoms with E-state index in [9.17, 15) is 4.79 Å². The van der Waals surface area contributed by atoms with Crippen molar-refractivity contribution in [1.82, 2.24) is 15.0 Å². The molecule has 0 N–H and O–H groups in total. The number of benzene rings is 1. The largest absolute Gasteiger partial charge is 0.484 e. The molecule has 3 aromatic rings. The van der Waals surface area contributed by atoms with E-state index in [0.29, 0.717) is 12.4 Å². The van der Waals surface area contributed by atoms with Crippen LogP contribution in [0, 0.1) is 0 Å². The van der Waals surface area contributed by atoms with E-state index in [-0.39, 0.29) is 12.3 Å². The van der Waals surface area contributed by atoms with Gasteiger partial charge in [-0.15, -0.1) is 11.3 Å². The quantitative estimate of drug-likeness (QED) is 0.711. The van der Waals surface area contributed by atoms with Crippen LogP contribution in [0.4, 0.5) is 5.69 Å². The first-order valence-corrected chi connectivity index (χ1v) is 9.20. The molecule has 1 aliphatic rings. The van der Waals surface area contributed by atoms with Gasteiger partial charge in [-0.1, -0.05) is 12.1 Å². The third-order valence-electron chi connectivity index (χ3n) is 4.02. The zero-order chi connectivity index (χ0) is 18.1. The molecule has 0 spiro atoms. The molecule has 4 rings (SSSR count). The van der Waals surface area contributed by atoms with E-state index in [0.717, 1.165) is 22.1 Å². The van der Waals surface area contributed by atoms with Gasteiger partial charge in [0.1, 0.15) is 11.4 Å². The van der Waals surface area contributed by atoms with Crippen molar-refractivity contribution >= 4 is 22.9 Å². The number of hydrogen-bond donors (Lipinski definition) is 0. The monoisotopic (exact) mass is 366 g/mol. The molecule has 132 valence electrons. The van der Waals surface area contributed by atoms with Crippen LogP contribution in [0.15, 0.2) is 48.1 Å². The van der Waals surface area contributed by atoms with E-state index < -0.39 is 5.60 Å². The molecule has 7 heteroatoms. The van der Waals surface area contributed by atoms with Crippen LogP contribution in [0.1, 0.15) is 19.5 Å². The summed E-state index contributed by atoms with van der Waals surface area (Å²) in [5.41, 5.74) is 1.10. The zero-order valence-electron chi connectivity index (χ0n) is 14.5. The van der Waals surface area contributed by atoms with Gasteiger partial charge in [0.15, 0.2) is 10.8 Å². The molecular weight excluding hydrogens is 348 g/mol. The molecule has 1 aromatic carbocycles. The Balaban J connectivity index is 1.56. The van der Waals surface area contributed by atoms with Gasteiger partial charge in [0.05, 0.1) is 24.3 Å². The predicted octanol–water partition coefficient (Wildman–Crippen LogP) is 3.35. The van der Waals surface area contributed by atoms with E-state index >= 15 is 0 Å². The number of nitrogens with zero attached hydrogens (tertiary/aromatic N) is 4. The number of ether oxygens (including phenoxy) is 1. The summed E-state index contributed by atoms with van der Waals surface area (Å²) in [5, 5.41) is 2.61. The van der Waals surface area contributed by atoms with Crippen molar-refractivity contribution in [1.29, 1.82) is 0 Å². The Morgan fingerprint density at radius 2 is 2.00 bits per heavy atom. The van der Waals surface area contributed by atoms with Crippen LogP contribution in [0.3, 0.4) is 0 Å². The van der Waals surface area contributed by atoms with Gasteiger partial charge in [0.2, 0.25) is 5.91 Å². The summed E-state index contributed by atoms with van der Waals surface area (Å²) >= 11 is 1.45. The first-order chi connectivity index (χ1) is 12.5. The number of hydrogen-bond acceptors (Lipinski definition) is 6. The molecule has 0 saturated carbocycles. The normalized spacial score (nSPS) is 15.2. The minimum absolute atomic E-state index is 0.000319. The summed E-state index contributed by atoms with van der Waals surface area (Å²) in [6, 6.07) is 9.39. The van der Waals surface area contributed by atoms with Crippen LogP contribution in [-0.4, -0.2) is 33.0 Å².